The van der Waals surface area contributed by atoms with E-state index in [9.17, 15) is 21.6 Å². The maximum Gasteiger partial charge on any atom is 0.534 e. The van der Waals surface area contributed by atoms with Crippen LogP contribution in [0.3, 0.4) is 0 Å². The normalized spacial score (nSPS) is 12.6. The van der Waals surface area contributed by atoms with Crippen LogP contribution in [0.1, 0.15) is 0 Å². The van der Waals surface area contributed by atoms with E-state index >= 15 is 0 Å². The summed E-state index contributed by atoms with van der Waals surface area (Å²) in [5, 5.41) is 1.12. The molecule has 0 aliphatic rings. The molecule has 2 rings (SSSR count). The van der Waals surface area contributed by atoms with E-state index in [1.54, 1.807) is 18.2 Å². The molecule has 0 amide bonds. The van der Waals surface area contributed by atoms with Crippen LogP contribution in [-0.2, 0) is 10.1 Å². The molecule has 9 heteroatoms. The maximum absolute atomic E-state index is 12.2. The van der Waals surface area contributed by atoms with Crippen molar-refractivity contribution in [3.05, 3.63) is 34.9 Å². The molecule has 0 unspecified atom stereocenters. The molecule has 102 valence electrons. The fourth-order valence-electron chi connectivity index (χ4n) is 1.32. The Hall–Kier alpha value is -1.35. The third-order valence-electron chi connectivity index (χ3n) is 2.16. The van der Waals surface area contributed by atoms with Crippen LogP contribution in [0.4, 0.5) is 13.2 Å². The van der Waals surface area contributed by atoms with E-state index in [-0.39, 0.29) is 0 Å². The lowest BCUT2D eigenvalue weighted by atomic mass is 10.2. The van der Waals surface area contributed by atoms with Gasteiger partial charge in [0.25, 0.3) is 0 Å². The monoisotopic (exact) mass is 355 g/mol. The lowest BCUT2D eigenvalue weighted by Gasteiger charge is -2.09. The number of rotatable bonds is 2. The zero-order valence-corrected chi connectivity index (χ0v) is 11.4. The molecule has 0 bridgehead atoms. The number of aromatic nitrogens is 1. The first-order valence-corrected chi connectivity index (χ1v) is 6.96. The molecule has 0 saturated heterocycles. The highest BCUT2D eigenvalue weighted by Gasteiger charge is 2.48. The van der Waals surface area contributed by atoms with Gasteiger partial charge in [-0.1, -0.05) is 28.1 Å². The highest BCUT2D eigenvalue weighted by molar-refractivity contribution is 9.10. The summed E-state index contributed by atoms with van der Waals surface area (Å²) in [6, 6.07) is 6.16. The summed E-state index contributed by atoms with van der Waals surface area (Å²) < 4.78 is 62.7. The van der Waals surface area contributed by atoms with E-state index in [1.807, 2.05) is 0 Å². The topological polar surface area (TPSA) is 56.3 Å². The molecule has 0 fully saturated rings. The molecule has 2 aromatic rings. The first-order valence-electron chi connectivity index (χ1n) is 4.76. The third-order valence-corrected chi connectivity index (χ3v) is 3.81. The van der Waals surface area contributed by atoms with E-state index in [0.29, 0.717) is 15.2 Å². The first-order chi connectivity index (χ1) is 8.71. The zero-order chi connectivity index (χ0) is 14.3. The lowest BCUT2D eigenvalue weighted by molar-refractivity contribution is -0.0501. The van der Waals surface area contributed by atoms with Crippen LogP contribution in [0.2, 0.25) is 0 Å². The number of pyridine rings is 1. The molecule has 1 heterocycles. The second-order valence-electron chi connectivity index (χ2n) is 3.47. The SMILES string of the molecule is O=S(=O)(Oc1cc2c(Br)cccc2cn1)C(F)(F)F. The average molecular weight is 356 g/mol. The fourth-order valence-corrected chi connectivity index (χ4v) is 2.22. The largest absolute Gasteiger partial charge is 0.534 e. The smallest absolute Gasteiger partial charge is 0.355 e. The van der Waals surface area contributed by atoms with Crippen LogP contribution in [0.25, 0.3) is 10.8 Å². The maximum atomic E-state index is 12.2. The number of alkyl halides is 3. The quantitative estimate of drug-likeness (QED) is 0.613. The van der Waals surface area contributed by atoms with Crippen LogP contribution in [0.5, 0.6) is 5.88 Å². The molecule has 1 aromatic heterocycles. The summed E-state index contributed by atoms with van der Waals surface area (Å²) >= 11 is 3.20. The van der Waals surface area contributed by atoms with Gasteiger partial charge in [0, 0.05) is 27.5 Å². The van der Waals surface area contributed by atoms with Crippen molar-refractivity contribution in [2.75, 3.05) is 0 Å². The van der Waals surface area contributed by atoms with Gasteiger partial charge in [-0.2, -0.15) is 21.6 Å². The van der Waals surface area contributed by atoms with Gasteiger partial charge < -0.3 is 4.18 Å². The number of hydrogen-bond acceptors (Lipinski definition) is 4. The van der Waals surface area contributed by atoms with Gasteiger partial charge in [-0.05, 0) is 6.07 Å². The van der Waals surface area contributed by atoms with Gasteiger partial charge in [0.1, 0.15) is 0 Å². The second kappa shape index (κ2) is 4.64. The van der Waals surface area contributed by atoms with Crippen LogP contribution in [-0.4, -0.2) is 18.9 Å². The molecule has 0 atom stereocenters. The van der Waals surface area contributed by atoms with Crippen molar-refractivity contribution in [3.63, 3.8) is 0 Å². The standard InChI is InChI=1S/C10H5BrF3NO3S/c11-8-3-1-2-6-5-15-9(4-7(6)8)18-19(16,17)10(12,13)14/h1-5H. The van der Waals surface area contributed by atoms with Crippen molar-refractivity contribution in [1.82, 2.24) is 4.98 Å². The summed E-state index contributed by atoms with van der Waals surface area (Å²) in [5.41, 5.74) is -5.49. The predicted octanol–water partition coefficient (Wildman–Crippen LogP) is 3.23. The van der Waals surface area contributed by atoms with Crippen molar-refractivity contribution in [2.24, 2.45) is 0 Å². The van der Waals surface area contributed by atoms with Gasteiger partial charge in [0.15, 0.2) is 0 Å². The van der Waals surface area contributed by atoms with Gasteiger partial charge in [-0.25, -0.2) is 4.98 Å². The van der Waals surface area contributed by atoms with Crippen LogP contribution in [0, 0.1) is 0 Å². The Morgan fingerprint density at radius 3 is 2.58 bits per heavy atom. The van der Waals surface area contributed by atoms with Crippen LogP contribution >= 0.6 is 15.9 Å². The highest BCUT2D eigenvalue weighted by atomic mass is 79.9. The average Bonchev–Trinajstić information content (AvgIpc) is 2.28. The van der Waals surface area contributed by atoms with E-state index in [4.69, 9.17) is 0 Å². The summed E-state index contributed by atoms with van der Waals surface area (Å²) in [6.07, 6.45) is 1.22. The van der Waals surface area contributed by atoms with Crippen molar-refractivity contribution >= 4 is 36.8 Å². The van der Waals surface area contributed by atoms with Crippen molar-refractivity contribution < 1.29 is 25.8 Å². The van der Waals surface area contributed by atoms with E-state index < -0.39 is 21.5 Å². The molecule has 1 aromatic carbocycles. The van der Waals surface area contributed by atoms with Crippen LogP contribution in [0.15, 0.2) is 34.9 Å². The zero-order valence-electron chi connectivity index (χ0n) is 8.98. The van der Waals surface area contributed by atoms with Gasteiger partial charge >= 0.3 is 15.6 Å². The van der Waals surface area contributed by atoms with Crippen molar-refractivity contribution in [3.8, 4) is 5.88 Å². The van der Waals surface area contributed by atoms with Gasteiger partial charge in [-0.15, -0.1) is 0 Å². The molecule has 4 nitrogen and oxygen atoms in total. The predicted molar refractivity (Wildman–Crippen MR) is 65.0 cm³/mol. The van der Waals surface area contributed by atoms with Crippen LogP contribution < -0.4 is 4.18 Å². The highest BCUT2D eigenvalue weighted by Crippen LogP contribution is 2.29. The molecule has 19 heavy (non-hydrogen) atoms. The van der Waals surface area contributed by atoms with E-state index in [2.05, 4.69) is 25.1 Å². The Morgan fingerprint density at radius 1 is 1.26 bits per heavy atom. The number of halogens is 4. The van der Waals surface area contributed by atoms with E-state index in [0.717, 1.165) is 6.07 Å². The van der Waals surface area contributed by atoms with Gasteiger partial charge in [0.2, 0.25) is 5.88 Å². The summed E-state index contributed by atoms with van der Waals surface area (Å²) in [5.74, 6) is -0.642. The number of fused-ring (bicyclic) bond motifs is 1. The molecular formula is C10H5BrF3NO3S. The van der Waals surface area contributed by atoms with E-state index in [1.165, 1.54) is 6.20 Å². The van der Waals surface area contributed by atoms with Crippen molar-refractivity contribution in [2.45, 2.75) is 5.51 Å². The Balaban J connectivity index is 2.46. The Bertz CT molecular complexity index is 730. The molecule has 0 saturated carbocycles. The summed E-state index contributed by atoms with van der Waals surface area (Å²) in [6.45, 7) is 0. The van der Waals surface area contributed by atoms with Gasteiger partial charge in [-0.3, -0.25) is 0 Å². The fraction of sp³-hybridized carbons (Fsp3) is 0.100. The summed E-state index contributed by atoms with van der Waals surface area (Å²) in [7, 11) is -5.71. The summed E-state index contributed by atoms with van der Waals surface area (Å²) in [4.78, 5) is 3.52. The molecule has 0 spiro atoms. The number of benzene rings is 1. The third kappa shape index (κ3) is 2.81. The minimum atomic E-state index is -5.71. The molecule has 0 aliphatic heterocycles. The van der Waals surface area contributed by atoms with Crippen molar-refractivity contribution in [1.29, 1.82) is 0 Å². The molecule has 0 radical (unpaired) electrons. The lowest BCUT2D eigenvalue weighted by Crippen LogP contribution is -2.28. The Labute approximate surface area is 114 Å². The Morgan fingerprint density at radius 2 is 1.95 bits per heavy atom. The van der Waals surface area contributed by atoms with Gasteiger partial charge in [0.05, 0.1) is 0 Å². The molecule has 0 N–H and O–H groups in total. The molecule has 0 aliphatic carbocycles. The second-order valence-corrected chi connectivity index (χ2v) is 5.86. The molecular weight excluding hydrogens is 351 g/mol. The first kappa shape index (κ1) is 14.1. The minimum Gasteiger partial charge on any atom is -0.355 e. The number of hydrogen-bond donors (Lipinski definition) is 0. The Kier molecular flexibility index (Phi) is 3.43. The minimum absolute atomic E-state index is 0.491. The number of nitrogens with zero attached hydrogens (tertiary/aromatic N) is 1.